The van der Waals surface area contributed by atoms with Gasteiger partial charge < -0.3 is 10.4 Å². The van der Waals surface area contributed by atoms with Gasteiger partial charge in [0.15, 0.2) is 0 Å². The molecule has 0 aliphatic carbocycles. The van der Waals surface area contributed by atoms with Crippen LogP contribution in [0.25, 0.3) is 0 Å². The predicted molar refractivity (Wildman–Crippen MR) is 82.7 cm³/mol. The maximum atomic E-state index is 14.0. The minimum absolute atomic E-state index is 0.00529. The van der Waals surface area contributed by atoms with Crippen molar-refractivity contribution >= 4 is 11.9 Å². The summed E-state index contributed by atoms with van der Waals surface area (Å²) >= 11 is 0. The van der Waals surface area contributed by atoms with Gasteiger partial charge in [0.25, 0.3) is 0 Å². The number of rotatable bonds is 7. The predicted octanol–water partition coefficient (Wildman–Crippen LogP) is 3.67. The first-order valence-electron chi connectivity index (χ1n) is 7.48. The summed E-state index contributed by atoms with van der Waals surface area (Å²) in [5.74, 6) is -2.84. The van der Waals surface area contributed by atoms with E-state index in [1.165, 1.54) is 6.07 Å². The van der Waals surface area contributed by atoms with Crippen LogP contribution in [0.1, 0.15) is 52.1 Å². The van der Waals surface area contributed by atoms with E-state index in [-0.39, 0.29) is 30.2 Å². The van der Waals surface area contributed by atoms with E-state index in [9.17, 15) is 18.4 Å². The number of benzene rings is 1. The van der Waals surface area contributed by atoms with E-state index >= 15 is 0 Å². The van der Waals surface area contributed by atoms with E-state index in [4.69, 9.17) is 5.11 Å². The molecular weight excluding hydrogens is 304 g/mol. The normalized spacial score (nSPS) is 13.0. The maximum absolute atomic E-state index is 14.0. The average molecular weight is 327 g/mol. The zero-order valence-electron chi connectivity index (χ0n) is 13.8. The third-order valence-electron chi connectivity index (χ3n) is 3.55. The average Bonchev–Trinajstić information content (AvgIpc) is 2.33. The highest BCUT2D eigenvalue weighted by molar-refractivity contribution is 5.78. The number of carboxylic acid groups (broad SMARTS) is 1. The molecule has 23 heavy (non-hydrogen) atoms. The first kappa shape index (κ1) is 19.1. The lowest BCUT2D eigenvalue weighted by Gasteiger charge is -2.27. The highest BCUT2D eigenvalue weighted by Gasteiger charge is 2.28. The minimum Gasteiger partial charge on any atom is -0.481 e. The van der Waals surface area contributed by atoms with E-state index < -0.39 is 29.1 Å². The van der Waals surface area contributed by atoms with E-state index in [1.807, 2.05) is 13.8 Å². The van der Waals surface area contributed by atoms with Gasteiger partial charge in [0.05, 0.1) is 12.5 Å². The van der Waals surface area contributed by atoms with Crippen molar-refractivity contribution < 1.29 is 23.5 Å². The smallest absolute Gasteiger partial charge is 0.303 e. The van der Waals surface area contributed by atoms with Crippen LogP contribution in [0.2, 0.25) is 0 Å². The van der Waals surface area contributed by atoms with Gasteiger partial charge >= 0.3 is 5.97 Å². The lowest BCUT2D eigenvalue weighted by molar-refractivity contribution is -0.139. The van der Waals surface area contributed by atoms with Gasteiger partial charge in [0, 0.05) is 18.1 Å². The number of carbonyl (C=O) groups is 2. The topological polar surface area (TPSA) is 66.4 Å². The van der Waals surface area contributed by atoms with Crippen molar-refractivity contribution in [2.24, 2.45) is 11.3 Å². The Morgan fingerprint density at radius 3 is 2.30 bits per heavy atom. The van der Waals surface area contributed by atoms with Crippen molar-refractivity contribution in [3.05, 3.63) is 35.4 Å². The summed E-state index contributed by atoms with van der Waals surface area (Å²) in [6, 6.07) is 2.64. The highest BCUT2D eigenvalue weighted by Crippen LogP contribution is 2.28. The number of nitrogens with one attached hydrogen (secondary N) is 1. The second kappa shape index (κ2) is 7.53. The highest BCUT2D eigenvalue weighted by atomic mass is 19.1. The molecule has 1 rings (SSSR count). The fraction of sp³-hybridized carbons (Fsp3) is 0.529. The van der Waals surface area contributed by atoms with Gasteiger partial charge in [-0.15, -0.1) is 0 Å². The molecule has 0 aliphatic rings. The fourth-order valence-electron chi connectivity index (χ4n) is 2.49. The van der Waals surface area contributed by atoms with Crippen LogP contribution in [0.15, 0.2) is 18.2 Å². The van der Waals surface area contributed by atoms with E-state index in [2.05, 4.69) is 5.32 Å². The molecule has 0 heterocycles. The molecule has 2 N–H and O–H groups in total. The summed E-state index contributed by atoms with van der Waals surface area (Å²) in [6.45, 7) is 7.00. The zero-order valence-corrected chi connectivity index (χ0v) is 13.8. The Kier molecular flexibility index (Phi) is 6.24. The number of amides is 1. The van der Waals surface area contributed by atoms with Gasteiger partial charge in [0.2, 0.25) is 5.91 Å². The van der Waals surface area contributed by atoms with Gasteiger partial charge in [-0.25, -0.2) is 8.78 Å². The molecule has 0 radical (unpaired) electrons. The molecule has 1 atom stereocenters. The van der Waals surface area contributed by atoms with Crippen molar-refractivity contribution in [2.45, 2.75) is 46.6 Å². The summed E-state index contributed by atoms with van der Waals surface area (Å²) in [5.41, 5.74) is -0.496. The minimum atomic E-state index is -0.979. The number of hydrogen-bond donors (Lipinski definition) is 2. The van der Waals surface area contributed by atoms with Crippen LogP contribution in [0.4, 0.5) is 8.78 Å². The van der Waals surface area contributed by atoms with Crippen LogP contribution in [0.5, 0.6) is 0 Å². The van der Waals surface area contributed by atoms with E-state index in [0.29, 0.717) is 0 Å². The second-order valence-electron chi connectivity index (χ2n) is 6.87. The third-order valence-corrected chi connectivity index (χ3v) is 3.55. The Morgan fingerprint density at radius 1 is 1.22 bits per heavy atom. The van der Waals surface area contributed by atoms with Crippen molar-refractivity contribution in [3.63, 3.8) is 0 Å². The molecule has 1 aromatic rings. The van der Waals surface area contributed by atoms with Crippen molar-refractivity contribution in [2.75, 3.05) is 0 Å². The largest absolute Gasteiger partial charge is 0.481 e. The van der Waals surface area contributed by atoms with Crippen LogP contribution in [0, 0.1) is 23.0 Å². The molecule has 0 aromatic heterocycles. The Morgan fingerprint density at radius 2 is 1.83 bits per heavy atom. The van der Waals surface area contributed by atoms with Crippen molar-refractivity contribution in [1.82, 2.24) is 5.32 Å². The molecule has 1 unspecified atom stereocenters. The lowest BCUT2D eigenvalue weighted by atomic mass is 9.85. The van der Waals surface area contributed by atoms with Gasteiger partial charge in [-0.05, 0) is 17.4 Å². The van der Waals surface area contributed by atoms with E-state index in [1.54, 1.807) is 13.8 Å². The molecule has 1 aromatic carbocycles. The summed E-state index contributed by atoms with van der Waals surface area (Å²) in [4.78, 5) is 23.0. The Labute approximate surface area is 134 Å². The lowest BCUT2D eigenvalue weighted by Crippen LogP contribution is -2.35. The maximum Gasteiger partial charge on any atom is 0.303 e. The molecule has 0 saturated heterocycles. The SMILES string of the molecule is CC(C)C(NC(=O)CC(C)(C)CC(=O)O)c1ccc(F)cc1F. The summed E-state index contributed by atoms with van der Waals surface area (Å²) in [6.07, 6.45) is -0.136. The molecule has 1 amide bonds. The monoisotopic (exact) mass is 327 g/mol. The fourth-order valence-corrected chi connectivity index (χ4v) is 2.49. The molecule has 6 heteroatoms. The molecule has 0 spiro atoms. The molecule has 0 aliphatic heterocycles. The quantitative estimate of drug-likeness (QED) is 0.803. The Bertz CT molecular complexity index is 585. The molecular formula is C17H23F2NO3. The number of hydrogen-bond acceptors (Lipinski definition) is 2. The summed E-state index contributed by atoms with van der Waals surface area (Å²) in [5, 5.41) is 11.6. The number of halogens is 2. The first-order chi connectivity index (χ1) is 10.5. The number of carboxylic acids is 1. The van der Waals surface area contributed by atoms with Crippen molar-refractivity contribution in [3.8, 4) is 0 Å². The number of aliphatic carboxylic acids is 1. The van der Waals surface area contributed by atoms with Gasteiger partial charge in [-0.1, -0.05) is 33.8 Å². The van der Waals surface area contributed by atoms with Gasteiger partial charge in [-0.2, -0.15) is 0 Å². The standard InChI is InChI=1S/C17H23F2NO3/c1-10(2)16(12-6-5-11(18)7-13(12)19)20-14(21)8-17(3,4)9-15(22)23/h5-7,10,16H,8-9H2,1-4H3,(H,20,21)(H,22,23). The van der Waals surface area contributed by atoms with Crippen LogP contribution >= 0.6 is 0 Å². The summed E-state index contributed by atoms with van der Waals surface area (Å²) in [7, 11) is 0. The summed E-state index contributed by atoms with van der Waals surface area (Å²) < 4.78 is 27.0. The second-order valence-corrected chi connectivity index (χ2v) is 6.87. The van der Waals surface area contributed by atoms with Crippen LogP contribution in [-0.2, 0) is 9.59 Å². The third kappa shape index (κ3) is 5.96. The van der Waals surface area contributed by atoms with Gasteiger partial charge in [0.1, 0.15) is 11.6 Å². The van der Waals surface area contributed by atoms with Crippen LogP contribution in [0.3, 0.4) is 0 Å². The Balaban J connectivity index is 2.88. The van der Waals surface area contributed by atoms with Gasteiger partial charge in [-0.3, -0.25) is 9.59 Å². The molecule has 0 saturated carbocycles. The van der Waals surface area contributed by atoms with Crippen LogP contribution in [-0.4, -0.2) is 17.0 Å². The molecule has 0 fully saturated rings. The number of carbonyl (C=O) groups excluding carboxylic acids is 1. The van der Waals surface area contributed by atoms with E-state index in [0.717, 1.165) is 12.1 Å². The van der Waals surface area contributed by atoms with Crippen LogP contribution < -0.4 is 5.32 Å². The molecule has 128 valence electrons. The first-order valence-corrected chi connectivity index (χ1v) is 7.48. The Hall–Kier alpha value is -1.98. The zero-order chi connectivity index (χ0) is 17.8. The molecule has 0 bridgehead atoms. The van der Waals surface area contributed by atoms with Crippen molar-refractivity contribution in [1.29, 1.82) is 0 Å². The molecule has 4 nitrogen and oxygen atoms in total.